The summed E-state index contributed by atoms with van der Waals surface area (Å²) in [6.07, 6.45) is 4.53. The van der Waals surface area contributed by atoms with Gasteiger partial charge in [0.2, 0.25) is 0 Å². The Hall–Kier alpha value is -1.18. The first-order chi connectivity index (χ1) is 6.29. The lowest BCUT2D eigenvalue weighted by atomic mass is 10.0. The van der Waals surface area contributed by atoms with Crippen molar-refractivity contribution in [1.29, 1.82) is 0 Å². The summed E-state index contributed by atoms with van der Waals surface area (Å²) in [5.41, 5.74) is 1.83. The van der Waals surface area contributed by atoms with Gasteiger partial charge in [0.1, 0.15) is 0 Å². The topological polar surface area (TPSA) is 30.0 Å². The molecule has 13 heavy (non-hydrogen) atoms. The molecule has 0 unspecified atom stereocenters. The molecule has 0 saturated heterocycles. The molecular weight excluding hydrogens is 162 g/mol. The minimum Gasteiger partial charge on any atom is -0.294 e. The first-order valence-corrected chi connectivity index (χ1v) is 4.77. The second-order valence-electron chi connectivity index (χ2n) is 3.65. The number of hydrogen-bond donors (Lipinski definition) is 0. The highest BCUT2D eigenvalue weighted by molar-refractivity contribution is 5.97. The molecule has 2 rings (SSSR count). The molecule has 1 heterocycles. The summed E-state index contributed by atoms with van der Waals surface area (Å²) >= 11 is 0. The molecule has 1 aliphatic carbocycles. The number of pyridine rings is 1. The van der Waals surface area contributed by atoms with Gasteiger partial charge in [-0.25, -0.2) is 0 Å². The summed E-state index contributed by atoms with van der Waals surface area (Å²) in [7, 11) is 0. The third-order valence-corrected chi connectivity index (χ3v) is 2.65. The standard InChI is InChI=1S/C11H13NO/c1-8-4-2-6-10(13)9-5-3-7-12-11(8)9/h3,5,7-8H,2,4,6H2,1H3/t8-/m1/s1. The molecule has 0 bridgehead atoms. The van der Waals surface area contributed by atoms with Crippen LogP contribution in [0.15, 0.2) is 18.3 Å². The number of nitrogens with zero attached hydrogens (tertiary/aromatic N) is 1. The van der Waals surface area contributed by atoms with Gasteiger partial charge in [-0.3, -0.25) is 9.78 Å². The van der Waals surface area contributed by atoms with Crippen LogP contribution in [0.3, 0.4) is 0 Å². The van der Waals surface area contributed by atoms with Crippen LogP contribution in [-0.4, -0.2) is 10.8 Å². The van der Waals surface area contributed by atoms with Crippen molar-refractivity contribution in [3.05, 3.63) is 29.6 Å². The van der Waals surface area contributed by atoms with E-state index in [1.807, 2.05) is 12.1 Å². The molecule has 1 aliphatic rings. The van der Waals surface area contributed by atoms with Gasteiger partial charge in [-0.05, 0) is 30.9 Å². The Bertz CT molecular complexity index is 333. The second-order valence-corrected chi connectivity index (χ2v) is 3.65. The third kappa shape index (κ3) is 1.48. The molecule has 1 aromatic rings. The largest absolute Gasteiger partial charge is 0.294 e. The Morgan fingerprint density at radius 1 is 1.54 bits per heavy atom. The lowest BCUT2D eigenvalue weighted by Gasteiger charge is -2.08. The number of aromatic nitrogens is 1. The van der Waals surface area contributed by atoms with E-state index in [2.05, 4.69) is 11.9 Å². The fraction of sp³-hybridized carbons (Fsp3) is 0.455. The van der Waals surface area contributed by atoms with E-state index in [9.17, 15) is 4.79 Å². The quantitative estimate of drug-likeness (QED) is 0.567. The monoisotopic (exact) mass is 175 g/mol. The summed E-state index contributed by atoms with van der Waals surface area (Å²) in [6, 6.07) is 3.74. The fourth-order valence-corrected chi connectivity index (χ4v) is 1.89. The van der Waals surface area contributed by atoms with Crippen LogP contribution < -0.4 is 0 Å². The molecule has 0 aromatic carbocycles. The highest BCUT2D eigenvalue weighted by atomic mass is 16.1. The molecule has 0 amide bonds. The molecule has 0 radical (unpaired) electrons. The summed E-state index contributed by atoms with van der Waals surface area (Å²) in [5.74, 6) is 0.690. The average molecular weight is 175 g/mol. The smallest absolute Gasteiger partial charge is 0.164 e. The van der Waals surface area contributed by atoms with Crippen LogP contribution in [0, 0.1) is 0 Å². The zero-order valence-electron chi connectivity index (χ0n) is 7.79. The molecule has 0 N–H and O–H groups in total. The fourth-order valence-electron chi connectivity index (χ4n) is 1.89. The van der Waals surface area contributed by atoms with Gasteiger partial charge in [-0.15, -0.1) is 0 Å². The van der Waals surface area contributed by atoms with Gasteiger partial charge in [0.25, 0.3) is 0 Å². The van der Waals surface area contributed by atoms with Gasteiger partial charge in [0.15, 0.2) is 5.78 Å². The first-order valence-electron chi connectivity index (χ1n) is 4.77. The van der Waals surface area contributed by atoms with E-state index >= 15 is 0 Å². The third-order valence-electron chi connectivity index (χ3n) is 2.65. The van der Waals surface area contributed by atoms with E-state index in [4.69, 9.17) is 0 Å². The van der Waals surface area contributed by atoms with Crippen LogP contribution in [0.5, 0.6) is 0 Å². The highest BCUT2D eigenvalue weighted by Crippen LogP contribution is 2.27. The normalized spacial score (nSPS) is 22.2. The molecule has 2 nitrogen and oxygen atoms in total. The molecule has 2 heteroatoms. The van der Waals surface area contributed by atoms with E-state index < -0.39 is 0 Å². The Morgan fingerprint density at radius 2 is 2.38 bits per heavy atom. The van der Waals surface area contributed by atoms with Crippen molar-refractivity contribution in [2.24, 2.45) is 0 Å². The van der Waals surface area contributed by atoms with Gasteiger partial charge >= 0.3 is 0 Å². The predicted molar refractivity (Wildman–Crippen MR) is 50.8 cm³/mol. The van der Waals surface area contributed by atoms with Crippen molar-refractivity contribution in [2.45, 2.75) is 32.1 Å². The number of ketones is 1. The summed E-state index contributed by atoms with van der Waals surface area (Å²) in [4.78, 5) is 15.9. The SMILES string of the molecule is C[C@@H]1CCCC(=O)c2cccnc21. The van der Waals surface area contributed by atoms with Crippen molar-refractivity contribution in [3.63, 3.8) is 0 Å². The maximum atomic E-state index is 11.6. The van der Waals surface area contributed by atoms with Gasteiger partial charge in [0, 0.05) is 18.2 Å². The predicted octanol–water partition coefficient (Wildman–Crippen LogP) is 2.55. The molecule has 0 saturated carbocycles. The summed E-state index contributed by atoms with van der Waals surface area (Å²) in [6.45, 7) is 2.14. The Balaban J connectivity index is 2.51. The van der Waals surface area contributed by atoms with Crippen molar-refractivity contribution >= 4 is 5.78 Å². The van der Waals surface area contributed by atoms with E-state index in [-0.39, 0.29) is 5.78 Å². The van der Waals surface area contributed by atoms with E-state index in [1.165, 1.54) is 0 Å². The minimum absolute atomic E-state index is 0.257. The van der Waals surface area contributed by atoms with Crippen LogP contribution in [0.1, 0.15) is 48.2 Å². The number of carbonyl (C=O) groups excluding carboxylic acids is 1. The zero-order valence-corrected chi connectivity index (χ0v) is 7.79. The highest BCUT2D eigenvalue weighted by Gasteiger charge is 2.20. The lowest BCUT2D eigenvalue weighted by Crippen LogP contribution is -2.03. The van der Waals surface area contributed by atoms with Crippen LogP contribution in [0.4, 0.5) is 0 Å². The Morgan fingerprint density at radius 3 is 3.23 bits per heavy atom. The number of rotatable bonds is 0. The Labute approximate surface area is 78.0 Å². The maximum absolute atomic E-state index is 11.6. The van der Waals surface area contributed by atoms with Crippen LogP contribution in [0.25, 0.3) is 0 Å². The van der Waals surface area contributed by atoms with E-state index in [0.29, 0.717) is 12.3 Å². The van der Waals surface area contributed by atoms with E-state index in [1.54, 1.807) is 6.20 Å². The Kier molecular flexibility index (Phi) is 2.13. The molecule has 68 valence electrons. The van der Waals surface area contributed by atoms with E-state index in [0.717, 1.165) is 24.1 Å². The average Bonchev–Trinajstić information content (AvgIpc) is 2.29. The number of Topliss-reactive ketones (excluding diaryl/α,β-unsaturated/α-hetero) is 1. The van der Waals surface area contributed by atoms with Gasteiger partial charge in [-0.2, -0.15) is 0 Å². The minimum atomic E-state index is 0.257. The summed E-state index contributed by atoms with van der Waals surface area (Å²) < 4.78 is 0. The number of fused-ring (bicyclic) bond motifs is 1. The first kappa shape index (κ1) is 8.42. The molecule has 0 fully saturated rings. The van der Waals surface area contributed by atoms with Gasteiger partial charge in [-0.1, -0.05) is 6.92 Å². The molecule has 1 atom stereocenters. The number of carbonyl (C=O) groups is 1. The molecule has 0 aliphatic heterocycles. The van der Waals surface area contributed by atoms with Crippen LogP contribution >= 0.6 is 0 Å². The zero-order chi connectivity index (χ0) is 9.26. The van der Waals surface area contributed by atoms with Crippen LogP contribution in [-0.2, 0) is 0 Å². The van der Waals surface area contributed by atoms with Crippen molar-refractivity contribution in [1.82, 2.24) is 4.98 Å². The second kappa shape index (κ2) is 3.29. The molecular formula is C11H13NO. The van der Waals surface area contributed by atoms with Crippen molar-refractivity contribution < 1.29 is 4.79 Å². The van der Waals surface area contributed by atoms with Gasteiger partial charge in [0.05, 0.1) is 5.69 Å². The van der Waals surface area contributed by atoms with Crippen LogP contribution in [0.2, 0.25) is 0 Å². The summed E-state index contributed by atoms with van der Waals surface area (Å²) in [5, 5.41) is 0. The molecule has 0 spiro atoms. The number of hydrogen-bond acceptors (Lipinski definition) is 2. The lowest BCUT2D eigenvalue weighted by molar-refractivity contribution is 0.0981. The maximum Gasteiger partial charge on any atom is 0.164 e. The molecule has 1 aromatic heterocycles. The van der Waals surface area contributed by atoms with Gasteiger partial charge < -0.3 is 0 Å². The van der Waals surface area contributed by atoms with Crippen molar-refractivity contribution in [2.75, 3.05) is 0 Å². The van der Waals surface area contributed by atoms with Crippen molar-refractivity contribution in [3.8, 4) is 0 Å².